The molecule has 1 aromatic heterocycles. The third kappa shape index (κ3) is 4.31. The minimum Gasteiger partial charge on any atom is -0.489 e. The number of nitrogens with one attached hydrogen (secondary N) is 1. The number of aromatic nitrogens is 1. The van der Waals surface area contributed by atoms with Gasteiger partial charge in [-0.2, -0.15) is 13.2 Å². The van der Waals surface area contributed by atoms with Gasteiger partial charge in [-0.15, -0.1) is 0 Å². The lowest BCUT2D eigenvalue weighted by Crippen LogP contribution is -2.15. The molecule has 118 valence electrons. The lowest BCUT2D eigenvalue weighted by atomic mass is 10.3. The maximum atomic E-state index is 13.3. The van der Waals surface area contributed by atoms with Gasteiger partial charge in [-0.1, -0.05) is 6.07 Å². The van der Waals surface area contributed by atoms with E-state index in [1.165, 1.54) is 12.1 Å². The number of pyridine rings is 1. The number of hydrogen-bond acceptors (Lipinski definition) is 3. The third-order valence-corrected chi connectivity index (χ3v) is 2.60. The lowest BCUT2D eigenvalue weighted by Gasteiger charge is -2.10. The highest BCUT2D eigenvalue weighted by Crippen LogP contribution is 2.28. The molecule has 0 saturated heterocycles. The van der Waals surface area contributed by atoms with E-state index in [0.717, 1.165) is 18.2 Å². The van der Waals surface area contributed by atoms with E-state index in [-0.39, 0.29) is 24.7 Å². The maximum Gasteiger partial charge on any atom is 0.433 e. The number of ether oxygens (including phenoxy) is 1. The van der Waals surface area contributed by atoms with E-state index < -0.39 is 23.5 Å². The number of halogens is 5. The molecule has 0 atom stereocenters. The summed E-state index contributed by atoms with van der Waals surface area (Å²) in [5.74, 6) is -1.69. The molecule has 2 aromatic rings. The maximum absolute atomic E-state index is 13.3. The second-order valence-electron chi connectivity index (χ2n) is 4.26. The molecule has 0 unspecified atom stereocenters. The first-order valence-corrected chi connectivity index (χ1v) is 6.22. The second-order valence-corrected chi connectivity index (χ2v) is 4.26. The highest BCUT2D eigenvalue weighted by molar-refractivity contribution is 5.36. The Morgan fingerprint density at radius 1 is 1.09 bits per heavy atom. The van der Waals surface area contributed by atoms with Gasteiger partial charge in [-0.05, 0) is 24.3 Å². The van der Waals surface area contributed by atoms with E-state index in [9.17, 15) is 22.0 Å². The largest absolute Gasteiger partial charge is 0.489 e. The van der Waals surface area contributed by atoms with Crippen LogP contribution in [0.4, 0.5) is 27.8 Å². The molecule has 3 nitrogen and oxygen atoms in total. The average Bonchev–Trinajstić information content (AvgIpc) is 2.45. The van der Waals surface area contributed by atoms with Crippen LogP contribution in [0.15, 0.2) is 36.4 Å². The number of rotatable bonds is 5. The van der Waals surface area contributed by atoms with E-state index in [2.05, 4.69) is 10.3 Å². The molecule has 0 saturated carbocycles. The lowest BCUT2D eigenvalue weighted by molar-refractivity contribution is -0.141. The molecule has 1 N–H and O–H groups in total. The molecule has 2 rings (SSSR count). The van der Waals surface area contributed by atoms with Crippen LogP contribution in [0.25, 0.3) is 0 Å². The van der Waals surface area contributed by atoms with E-state index in [1.54, 1.807) is 0 Å². The van der Waals surface area contributed by atoms with Crippen molar-refractivity contribution in [3.63, 3.8) is 0 Å². The van der Waals surface area contributed by atoms with Crippen molar-refractivity contribution < 1.29 is 26.7 Å². The van der Waals surface area contributed by atoms with Crippen molar-refractivity contribution in [2.75, 3.05) is 18.5 Å². The fraction of sp³-hybridized carbons (Fsp3) is 0.214. The highest BCUT2D eigenvalue weighted by atomic mass is 19.4. The topological polar surface area (TPSA) is 34.1 Å². The predicted octanol–water partition coefficient (Wildman–Crippen LogP) is 3.87. The number of benzene rings is 1. The minimum atomic E-state index is -4.52. The Labute approximate surface area is 122 Å². The fourth-order valence-electron chi connectivity index (χ4n) is 1.62. The monoisotopic (exact) mass is 318 g/mol. The Hall–Kier alpha value is -2.38. The molecular weight excluding hydrogens is 307 g/mol. The van der Waals surface area contributed by atoms with Gasteiger partial charge in [0, 0.05) is 6.07 Å². The molecule has 0 spiro atoms. The summed E-state index contributed by atoms with van der Waals surface area (Å²) in [6.07, 6.45) is -4.52. The van der Waals surface area contributed by atoms with Crippen molar-refractivity contribution in [2.24, 2.45) is 0 Å². The smallest absolute Gasteiger partial charge is 0.433 e. The Balaban J connectivity index is 1.86. The van der Waals surface area contributed by atoms with Crippen LogP contribution < -0.4 is 10.1 Å². The van der Waals surface area contributed by atoms with Crippen molar-refractivity contribution in [3.05, 3.63) is 53.7 Å². The normalized spacial score (nSPS) is 11.3. The summed E-state index contributed by atoms with van der Waals surface area (Å²) in [6, 6.07) is 6.30. The van der Waals surface area contributed by atoms with Crippen LogP contribution in [0.3, 0.4) is 0 Å². The van der Waals surface area contributed by atoms with Gasteiger partial charge in [-0.3, -0.25) is 0 Å². The summed E-state index contributed by atoms with van der Waals surface area (Å²) in [5, 5.41) is 2.63. The Bertz CT molecular complexity index is 645. The molecule has 0 fully saturated rings. The van der Waals surface area contributed by atoms with Crippen molar-refractivity contribution in [2.45, 2.75) is 6.18 Å². The van der Waals surface area contributed by atoms with Gasteiger partial charge >= 0.3 is 6.18 Å². The van der Waals surface area contributed by atoms with Crippen molar-refractivity contribution in [1.82, 2.24) is 4.98 Å². The number of nitrogens with zero attached hydrogens (tertiary/aromatic N) is 1. The molecule has 22 heavy (non-hydrogen) atoms. The first-order chi connectivity index (χ1) is 10.4. The summed E-state index contributed by atoms with van der Waals surface area (Å²) in [5.41, 5.74) is -1.01. The van der Waals surface area contributed by atoms with Crippen molar-refractivity contribution in [3.8, 4) is 5.75 Å². The van der Waals surface area contributed by atoms with Crippen molar-refractivity contribution >= 4 is 5.82 Å². The number of anilines is 1. The van der Waals surface area contributed by atoms with Crippen LogP contribution in [-0.4, -0.2) is 18.1 Å². The molecule has 0 radical (unpaired) electrons. The number of alkyl halides is 3. The van der Waals surface area contributed by atoms with E-state index in [1.807, 2.05) is 0 Å². The Morgan fingerprint density at radius 2 is 1.86 bits per heavy atom. The van der Waals surface area contributed by atoms with Gasteiger partial charge in [0.1, 0.15) is 23.9 Å². The van der Waals surface area contributed by atoms with Gasteiger partial charge in [0.25, 0.3) is 0 Å². The van der Waals surface area contributed by atoms with Crippen LogP contribution in [0.1, 0.15) is 5.69 Å². The zero-order valence-electron chi connectivity index (χ0n) is 11.1. The summed E-state index contributed by atoms with van der Waals surface area (Å²) in [7, 11) is 0. The van der Waals surface area contributed by atoms with Gasteiger partial charge in [-0.25, -0.2) is 13.8 Å². The SMILES string of the molecule is Fc1ccc(OCCNc2cccc(C(F)(F)F)n2)c(F)c1. The molecule has 0 aliphatic heterocycles. The zero-order valence-corrected chi connectivity index (χ0v) is 11.1. The molecule has 1 heterocycles. The summed E-state index contributed by atoms with van der Waals surface area (Å²) in [4.78, 5) is 3.40. The highest BCUT2D eigenvalue weighted by Gasteiger charge is 2.32. The summed E-state index contributed by atoms with van der Waals surface area (Å²) in [6.45, 7) is 0.0750. The molecule has 1 aromatic carbocycles. The van der Waals surface area contributed by atoms with Crippen LogP contribution >= 0.6 is 0 Å². The quantitative estimate of drug-likeness (QED) is 0.671. The summed E-state index contributed by atoms with van der Waals surface area (Å²) >= 11 is 0. The van der Waals surface area contributed by atoms with Crippen LogP contribution in [0.2, 0.25) is 0 Å². The fourth-order valence-corrected chi connectivity index (χ4v) is 1.62. The predicted molar refractivity (Wildman–Crippen MR) is 69.6 cm³/mol. The molecule has 0 bridgehead atoms. The summed E-state index contributed by atoms with van der Waals surface area (Å²) < 4.78 is 68.4. The van der Waals surface area contributed by atoms with Crippen LogP contribution in [-0.2, 0) is 6.18 Å². The standard InChI is InChI=1S/C14H11F5N2O/c15-9-4-5-11(10(16)8-9)22-7-6-20-13-3-1-2-12(21-13)14(17,18)19/h1-5,8H,6-7H2,(H,20,21). The second kappa shape index (κ2) is 6.59. The van der Waals surface area contributed by atoms with Gasteiger partial charge in [0.05, 0.1) is 6.54 Å². The van der Waals surface area contributed by atoms with E-state index >= 15 is 0 Å². The molecule has 0 aliphatic carbocycles. The van der Waals surface area contributed by atoms with Crippen LogP contribution in [0.5, 0.6) is 5.75 Å². The molecule has 0 amide bonds. The molecule has 8 heteroatoms. The average molecular weight is 318 g/mol. The first kappa shape index (κ1) is 16.0. The van der Waals surface area contributed by atoms with E-state index in [4.69, 9.17) is 4.74 Å². The van der Waals surface area contributed by atoms with Gasteiger partial charge < -0.3 is 10.1 Å². The van der Waals surface area contributed by atoms with Gasteiger partial charge in [0.2, 0.25) is 0 Å². The number of hydrogen-bond donors (Lipinski definition) is 1. The zero-order chi connectivity index (χ0) is 16.2. The molecule has 0 aliphatic rings. The van der Waals surface area contributed by atoms with Gasteiger partial charge in [0.15, 0.2) is 11.6 Å². The Morgan fingerprint density at radius 3 is 2.55 bits per heavy atom. The van der Waals surface area contributed by atoms with Crippen molar-refractivity contribution in [1.29, 1.82) is 0 Å². The van der Waals surface area contributed by atoms with E-state index in [0.29, 0.717) is 6.07 Å². The minimum absolute atomic E-state index is 0.0259. The third-order valence-electron chi connectivity index (χ3n) is 2.60. The molecular formula is C14H11F5N2O. The Kier molecular flexibility index (Phi) is 4.79. The first-order valence-electron chi connectivity index (χ1n) is 6.22. The van der Waals surface area contributed by atoms with Crippen LogP contribution in [0, 0.1) is 11.6 Å².